The Morgan fingerprint density at radius 3 is 2.28 bits per heavy atom. The number of rotatable bonds is 3. The minimum Gasteiger partial charge on any atom is -0.396 e. The third kappa shape index (κ3) is 2.74. The second-order valence-corrected chi connectivity index (χ2v) is 15.6. The molecule has 1 aliphatic heterocycles. The fourth-order valence-corrected chi connectivity index (χ4v) is 12.1. The van der Waals surface area contributed by atoms with E-state index in [0.717, 1.165) is 38.5 Å². The van der Waals surface area contributed by atoms with Gasteiger partial charge in [0.05, 0.1) is 29.5 Å². The van der Waals surface area contributed by atoms with Crippen molar-refractivity contribution in [1.29, 1.82) is 0 Å². The molecule has 2 spiro atoms. The van der Waals surface area contributed by atoms with Crippen molar-refractivity contribution in [1.82, 2.24) is 0 Å². The Kier molecular flexibility index (Phi) is 5.11. The van der Waals surface area contributed by atoms with Gasteiger partial charge in [-0.1, -0.05) is 20.8 Å². The number of hydrogen-bond acceptors (Lipinski definition) is 6. The van der Waals surface area contributed by atoms with Crippen molar-refractivity contribution < 1.29 is 30.0 Å². The summed E-state index contributed by atoms with van der Waals surface area (Å²) in [6.07, 6.45) is 5.64. The number of hydrogen-bond donors (Lipinski definition) is 4. The Morgan fingerprint density at radius 2 is 1.67 bits per heavy atom. The molecule has 0 bridgehead atoms. The van der Waals surface area contributed by atoms with Crippen LogP contribution in [0.4, 0.5) is 0 Å². The summed E-state index contributed by atoms with van der Waals surface area (Å²) in [5.74, 6) is 0.238. The van der Waals surface area contributed by atoms with E-state index in [-0.39, 0.29) is 52.5 Å². The molecule has 6 heteroatoms. The lowest BCUT2D eigenvalue weighted by atomic mass is 9.41. The van der Waals surface area contributed by atoms with Crippen molar-refractivity contribution >= 4 is 5.78 Å². The third-order valence-corrected chi connectivity index (χ3v) is 13.5. The summed E-state index contributed by atoms with van der Waals surface area (Å²) in [6.45, 7) is 12.0. The number of aliphatic hydroxyl groups excluding tert-OH is 3. The maximum absolute atomic E-state index is 12.9. The summed E-state index contributed by atoms with van der Waals surface area (Å²) >= 11 is 0. The molecule has 5 aliphatic carbocycles. The molecular formula is C30H48O6. The van der Waals surface area contributed by atoms with Crippen molar-refractivity contribution in [3.05, 3.63) is 0 Å². The molecule has 6 aliphatic rings. The van der Waals surface area contributed by atoms with E-state index in [1.807, 2.05) is 13.8 Å². The van der Waals surface area contributed by atoms with Crippen LogP contribution >= 0.6 is 0 Å². The van der Waals surface area contributed by atoms with Crippen LogP contribution in [-0.4, -0.2) is 62.3 Å². The maximum atomic E-state index is 12.9. The fourth-order valence-electron chi connectivity index (χ4n) is 12.1. The Labute approximate surface area is 216 Å². The molecule has 0 aromatic rings. The average Bonchev–Trinajstić information content (AvgIpc) is 3.10. The predicted octanol–water partition coefficient (Wildman–Crippen LogP) is 3.62. The molecule has 11 atom stereocenters. The van der Waals surface area contributed by atoms with E-state index < -0.39 is 34.2 Å². The fraction of sp³-hybridized carbons (Fsp3) is 0.967. The Bertz CT molecular complexity index is 971. The number of Topliss-reactive ketones (excluding diaryl/α,β-unsaturated/α-hetero) is 1. The molecule has 1 heterocycles. The van der Waals surface area contributed by atoms with Crippen molar-refractivity contribution in [3.63, 3.8) is 0 Å². The Hall–Kier alpha value is -0.530. The van der Waals surface area contributed by atoms with Gasteiger partial charge in [-0.15, -0.1) is 0 Å². The van der Waals surface area contributed by atoms with Crippen LogP contribution < -0.4 is 0 Å². The first-order valence-corrected chi connectivity index (χ1v) is 14.5. The number of aliphatic hydroxyl groups is 4. The van der Waals surface area contributed by atoms with Crippen LogP contribution in [0.2, 0.25) is 0 Å². The lowest BCUT2D eigenvalue weighted by Gasteiger charge is -2.64. The summed E-state index contributed by atoms with van der Waals surface area (Å²) < 4.78 is 6.61. The zero-order valence-electron chi connectivity index (χ0n) is 23.1. The normalized spacial score (nSPS) is 57.6. The molecule has 0 aromatic heterocycles. The van der Waals surface area contributed by atoms with Gasteiger partial charge < -0.3 is 25.2 Å². The standard InChI is InChI=1S/C30H48O6/c1-24(2)20(34)7-10-29-15-28(29)12-11-26(5)23(27(6)9-8-21(36-27)25(3,4)35)18(33)14-30(26,16-31)19(28)13-17(32)22(24)29/h17-19,21-23,31-33,35H,7-16H2,1-6H3/t17-,18-,19?,21-,22?,23-,26+,27+,28-,29+,30+/m0/s1. The second kappa shape index (κ2) is 7.15. The number of fused-ring (bicyclic) bond motifs is 2. The van der Waals surface area contributed by atoms with Crippen LogP contribution in [0.15, 0.2) is 0 Å². The zero-order valence-corrected chi connectivity index (χ0v) is 23.1. The van der Waals surface area contributed by atoms with Crippen LogP contribution in [-0.2, 0) is 9.53 Å². The number of carbonyl (C=O) groups is 1. The molecule has 6 fully saturated rings. The first-order valence-electron chi connectivity index (χ1n) is 14.5. The molecule has 1 saturated heterocycles. The van der Waals surface area contributed by atoms with Gasteiger partial charge in [0, 0.05) is 35.7 Å². The first-order chi connectivity index (χ1) is 16.5. The molecule has 2 unspecified atom stereocenters. The molecule has 4 N–H and O–H groups in total. The van der Waals surface area contributed by atoms with Crippen molar-refractivity contribution in [2.24, 2.45) is 44.8 Å². The summed E-state index contributed by atoms with van der Waals surface area (Å²) in [5.41, 5.74) is -2.85. The van der Waals surface area contributed by atoms with Crippen LogP contribution in [0.25, 0.3) is 0 Å². The second-order valence-electron chi connectivity index (χ2n) is 15.6. The van der Waals surface area contributed by atoms with Crippen LogP contribution in [0.1, 0.15) is 99.3 Å². The highest BCUT2D eigenvalue weighted by Crippen LogP contribution is 2.89. The van der Waals surface area contributed by atoms with Crippen molar-refractivity contribution in [2.45, 2.75) is 129 Å². The monoisotopic (exact) mass is 504 g/mol. The predicted molar refractivity (Wildman–Crippen MR) is 135 cm³/mol. The molecule has 6 nitrogen and oxygen atoms in total. The minimum absolute atomic E-state index is 0.00423. The van der Waals surface area contributed by atoms with Gasteiger partial charge in [0.25, 0.3) is 0 Å². The lowest BCUT2D eigenvalue weighted by Crippen LogP contribution is -2.63. The van der Waals surface area contributed by atoms with Gasteiger partial charge in [0.2, 0.25) is 0 Å². The van der Waals surface area contributed by atoms with Crippen LogP contribution in [0.3, 0.4) is 0 Å². The SMILES string of the molecule is CC1(C)C(=O)CC[C@]23C[C@]24CC[C@]2(C)[C@@H]([C@@]5(C)CC[C@@H](C(C)(C)O)O5)[C@@H](O)C[C@@]2(CO)C4C[C@H](O)C13. The Balaban J connectivity index is 1.40. The van der Waals surface area contributed by atoms with Gasteiger partial charge in [-0.2, -0.15) is 0 Å². The number of carbonyl (C=O) groups excluding carboxylic acids is 1. The molecule has 204 valence electrons. The van der Waals surface area contributed by atoms with Gasteiger partial charge in [0.1, 0.15) is 5.78 Å². The summed E-state index contributed by atoms with van der Waals surface area (Å²) in [4.78, 5) is 12.9. The highest BCUT2D eigenvalue weighted by Gasteiger charge is 2.85. The summed E-state index contributed by atoms with van der Waals surface area (Å²) in [7, 11) is 0. The van der Waals surface area contributed by atoms with E-state index in [9.17, 15) is 25.2 Å². The van der Waals surface area contributed by atoms with Crippen molar-refractivity contribution in [3.8, 4) is 0 Å². The smallest absolute Gasteiger partial charge is 0.138 e. The highest BCUT2D eigenvalue weighted by molar-refractivity contribution is 5.86. The number of ether oxygens (including phenoxy) is 1. The molecule has 6 rings (SSSR count). The topological polar surface area (TPSA) is 107 Å². The van der Waals surface area contributed by atoms with Crippen LogP contribution in [0.5, 0.6) is 0 Å². The van der Waals surface area contributed by atoms with Gasteiger partial charge in [-0.3, -0.25) is 4.79 Å². The van der Waals surface area contributed by atoms with Gasteiger partial charge in [0.15, 0.2) is 0 Å². The maximum Gasteiger partial charge on any atom is 0.138 e. The minimum atomic E-state index is -0.943. The van der Waals surface area contributed by atoms with E-state index in [1.54, 1.807) is 13.8 Å². The molecule has 0 aromatic carbocycles. The summed E-state index contributed by atoms with van der Waals surface area (Å²) in [5, 5.41) is 45.3. The first kappa shape index (κ1) is 25.7. The highest BCUT2D eigenvalue weighted by atomic mass is 16.5. The van der Waals surface area contributed by atoms with E-state index >= 15 is 0 Å². The molecular weight excluding hydrogens is 456 g/mol. The van der Waals surface area contributed by atoms with Gasteiger partial charge in [-0.25, -0.2) is 0 Å². The van der Waals surface area contributed by atoms with Crippen LogP contribution in [0, 0.1) is 44.8 Å². The van der Waals surface area contributed by atoms with Crippen molar-refractivity contribution in [2.75, 3.05) is 6.61 Å². The quantitative estimate of drug-likeness (QED) is 0.468. The molecule has 0 amide bonds. The van der Waals surface area contributed by atoms with E-state index in [2.05, 4.69) is 13.8 Å². The molecule has 36 heavy (non-hydrogen) atoms. The third-order valence-electron chi connectivity index (χ3n) is 13.5. The van der Waals surface area contributed by atoms with Gasteiger partial charge >= 0.3 is 0 Å². The van der Waals surface area contributed by atoms with E-state index in [4.69, 9.17) is 4.74 Å². The molecule has 0 radical (unpaired) electrons. The molecule has 5 saturated carbocycles. The van der Waals surface area contributed by atoms with Gasteiger partial charge in [-0.05, 0) is 94.3 Å². The lowest BCUT2D eigenvalue weighted by molar-refractivity contribution is -0.215. The van der Waals surface area contributed by atoms with E-state index in [0.29, 0.717) is 19.3 Å². The van der Waals surface area contributed by atoms with E-state index in [1.165, 1.54) is 0 Å². The summed E-state index contributed by atoms with van der Waals surface area (Å²) in [6, 6.07) is 0. The zero-order chi connectivity index (χ0) is 26.3. The largest absolute Gasteiger partial charge is 0.396 e. The Morgan fingerprint density at radius 1 is 0.972 bits per heavy atom. The average molecular weight is 505 g/mol. The number of ketones is 1.